The van der Waals surface area contributed by atoms with E-state index in [4.69, 9.17) is 4.74 Å². The maximum Gasteiger partial charge on any atom is 0.261 e. The lowest BCUT2D eigenvalue weighted by molar-refractivity contribution is -0.143. The fourth-order valence-electron chi connectivity index (χ4n) is 5.48. The molecule has 4 aromatic carbocycles. The topological polar surface area (TPSA) is 58.6 Å². The molecule has 0 spiro atoms. The fourth-order valence-corrected chi connectivity index (χ4v) is 6.53. The zero-order valence-electron chi connectivity index (χ0n) is 22.9. The van der Waals surface area contributed by atoms with Crippen LogP contribution in [0.4, 0.5) is 0 Å². The van der Waals surface area contributed by atoms with Gasteiger partial charge in [0.05, 0.1) is 4.47 Å². The highest BCUT2D eigenvalue weighted by Gasteiger charge is 2.32. The number of fused-ring (bicyclic) bond motifs is 1. The number of hydrogen-bond donors (Lipinski definition) is 1. The van der Waals surface area contributed by atoms with Gasteiger partial charge in [0.2, 0.25) is 5.91 Å². The number of hydrogen-bond acceptors (Lipinski definition) is 3. The number of ether oxygens (including phenoxy) is 1. The Morgan fingerprint density at radius 2 is 1.59 bits per heavy atom. The molecule has 212 valence electrons. The van der Waals surface area contributed by atoms with Gasteiger partial charge in [-0.25, -0.2) is 0 Å². The van der Waals surface area contributed by atoms with Crippen molar-refractivity contribution in [1.82, 2.24) is 10.2 Å². The highest BCUT2D eigenvalue weighted by atomic mass is 79.9. The van der Waals surface area contributed by atoms with E-state index in [1.54, 1.807) is 4.90 Å². The minimum Gasteiger partial charge on any atom is -0.483 e. The van der Waals surface area contributed by atoms with E-state index >= 15 is 0 Å². The Bertz CT molecular complexity index is 1490. The maximum absolute atomic E-state index is 14.0. The predicted molar refractivity (Wildman–Crippen MR) is 171 cm³/mol. The van der Waals surface area contributed by atoms with Gasteiger partial charge in [-0.3, -0.25) is 9.59 Å². The molecule has 1 saturated carbocycles. The lowest BCUT2D eigenvalue weighted by atomic mass is 9.94. The molecule has 4 aromatic rings. The van der Waals surface area contributed by atoms with Gasteiger partial charge < -0.3 is 15.0 Å². The van der Waals surface area contributed by atoms with E-state index in [0.717, 1.165) is 56.5 Å². The van der Waals surface area contributed by atoms with Crippen molar-refractivity contribution < 1.29 is 14.3 Å². The Morgan fingerprint density at radius 3 is 2.37 bits per heavy atom. The molecule has 1 unspecified atom stereocenters. The normalized spacial score (nSPS) is 14.4. The molecule has 0 aromatic heterocycles. The number of carbonyl (C=O) groups is 2. The van der Waals surface area contributed by atoms with Crippen molar-refractivity contribution in [3.05, 3.63) is 111 Å². The van der Waals surface area contributed by atoms with Crippen molar-refractivity contribution in [3.8, 4) is 5.75 Å². The SMILES string of the molecule is O=C(NC1CCCCC1)C(Cc1ccccc1)N(Cc1cccc(Br)c1)C(=O)COc1ccc2ccccc2c1Br. The standard InChI is InChI=1S/C34H34Br2N2O3/c35-27-14-9-12-25(20-27)22-38(32(39)23-41-31-19-18-26-13-7-8-17-29(26)33(31)36)30(21-24-10-3-1-4-11-24)34(40)37-28-15-5-2-6-16-28/h1,3-4,7-14,17-20,28,30H,2,5-6,15-16,21-23H2,(H,37,40). The molecule has 1 fully saturated rings. The summed E-state index contributed by atoms with van der Waals surface area (Å²) in [6, 6.07) is 29.1. The maximum atomic E-state index is 14.0. The number of carbonyl (C=O) groups excluding carboxylic acids is 2. The second kappa shape index (κ2) is 14.1. The number of halogens is 2. The monoisotopic (exact) mass is 676 g/mol. The Hall–Kier alpha value is -3.16. The first-order chi connectivity index (χ1) is 20.0. The Balaban J connectivity index is 1.43. The van der Waals surface area contributed by atoms with Crippen LogP contribution in [-0.4, -0.2) is 35.4 Å². The average Bonchev–Trinajstić information content (AvgIpc) is 2.99. The second-order valence-electron chi connectivity index (χ2n) is 10.6. The summed E-state index contributed by atoms with van der Waals surface area (Å²) in [5.41, 5.74) is 1.93. The largest absolute Gasteiger partial charge is 0.483 e. The van der Waals surface area contributed by atoms with Crippen molar-refractivity contribution in [2.24, 2.45) is 0 Å². The molecule has 5 nitrogen and oxygen atoms in total. The van der Waals surface area contributed by atoms with Crippen LogP contribution in [0.1, 0.15) is 43.2 Å². The molecule has 1 aliphatic carbocycles. The third-order valence-electron chi connectivity index (χ3n) is 7.64. The second-order valence-corrected chi connectivity index (χ2v) is 12.3. The molecule has 0 aliphatic heterocycles. The minimum atomic E-state index is -0.686. The zero-order chi connectivity index (χ0) is 28.6. The summed E-state index contributed by atoms with van der Waals surface area (Å²) < 4.78 is 7.82. The van der Waals surface area contributed by atoms with Gasteiger partial charge in [-0.2, -0.15) is 0 Å². The average molecular weight is 678 g/mol. The van der Waals surface area contributed by atoms with Gasteiger partial charge in [-0.15, -0.1) is 0 Å². The van der Waals surface area contributed by atoms with Crippen LogP contribution >= 0.6 is 31.9 Å². The molecule has 41 heavy (non-hydrogen) atoms. The lowest BCUT2D eigenvalue weighted by Crippen LogP contribution is -2.53. The Kier molecular flexibility index (Phi) is 10.1. The minimum absolute atomic E-state index is 0.115. The first-order valence-electron chi connectivity index (χ1n) is 14.2. The van der Waals surface area contributed by atoms with E-state index in [1.165, 1.54) is 6.42 Å². The molecular formula is C34H34Br2N2O3. The van der Waals surface area contributed by atoms with Gasteiger partial charge in [0, 0.05) is 23.5 Å². The summed E-state index contributed by atoms with van der Waals surface area (Å²) in [4.78, 5) is 29.6. The highest BCUT2D eigenvalue weighted by Crippen LogP contribution is 2.33. The van der Waals surface area contributed by atoms with E-state index in [0.29, 0.717) is 12.2 Å². The van der Waals surface area contributed by atoms with Crippen molar-refractivity contribution in [3.63, 3.8) is 0 Å². The van der Waals surface area contributed by atoms with Crippen LogP contribution in [0.2, 0.25) is 0 Å². The van der Waals surface area contributed by atoms with E-state index in [9.17, 15) is 9.59 Å². The number of nitrogens with zero attached hydrogens (tertiary/aromatic N) is 1. The van der Waals surface area contributed by atoms with Gasteiger partial charge in [0.15, 0.2) is 6.61 Å². The van der Waals surface area contributed by atoms with Gasteiger partial charge in [-0.1, -0.05) is 108 Å². The molecule has 0 saturated heterocycles. The summed E-state index contributed by atoms with van der Waals surface area (Å²) in [6.45, 7) is 0.100. The smallest absolute Gasteiger partial charge is 0.261 e. The van der Waals surface area contributed by atoms with Gasteiger partial charge in [0.25, 0.3) is 5.91 Å². The molecular weight excluding hydrogens is 644 g/mol. The number of nitrogens with one attached hydrogen (secondary N) is 1. The van der Waals surface area contributed by atoms with E-state index in [2.05, 4.69) is 37.2 Å². The first-order valence-corrected chi connectivity index (χ1v) is 15.7. The first kappa shape index (κ1) is 29.3. The molecule has 1 atom stereocenters. The van der Waals surface area contributed by atoms with Crippen LogP contribution in [0.25, 0.3) is 10.8 Å². The van der Waals surface area contributed by atoms with Crippen molar-refractivity contribution >= 4 is 54.4 Å². The van der Waals surface area contributed by atoms with Crippen molar-refractivity contribution in [1.29, 1.82) is 0 Å². The molecule has 0 bridgehead atoms. The third kappa shape index (κ3) is 7.77. The molecule has 0 radical (unpaired) electrons. The van der Waals surface area contributed by atoms with E-state index in [1.807, 2.05) is 91.0 Å². The molecule has 1 N–H and O–H groups in total. The molecule has 2 amide bonds. The fraction of sp³-hybridized carbons (Fsp3) is 0.294. The Labute approximate surface area is 258 Å². The summed E-state index contributed by atoms with van der Waals surface area (Å²) in [5, 5.41) is 5.38. The molecule has 7 heteroatoms. The van der Waals surface area contributed by atoms with Gasteiger partial charge in [0.1, 0.15) is 11.8 Å². The molecule has 5 rings (SSSR count). The number of amides is 2. The summed E-state index contributed by atoms with van der Waals surface area (Å²) in [6.07, 6.45) is 5.80. The quantitative estimate of drug-likeness (QED) is 0.186. The predicted octanol–water partition coefficient (Wildman–Crippen LogP) is 7.83. The van der Waals surface area contributed by atoms with Gasteiger partial charge in [-0.05, 0) is 68.9 Å². The van der Waals surface area contributed by atoms with Crippen LogP contribution in [0.15, 0.2) is 99.9 Å². The van der Waals surface area contributed by atoms with Crippen LogP contribution in [0, 0.1) is 0 Å². The highest BCUT2D eigenvalue weighted by molar-refractivity contribution is 9.11. The van der Waals surface area contributed by atoms with Crippen LogP contribution in [0.3, 0.4) is 0 Å². The summed E-state index contributed by atoms with van der Waals surface area (Å²) >= 11 is 7.21. The number of rotatable bonds is 10. The van der Waals surface area contributed by atoms with E-state index in [-0.39, 0.29) is 31.0 Å². The lowest BCUT2D eigenvalue weighted by Gasteiger charge is -2.33. The van der Waals surface area contributed by atoms with Crippen LogP contribution < -0.4 is 10.1 Å². The van der Waals surface area contributed by atoms with Crippen molar-refractivity contribution in [2.75, 3.05) is 6.61 Å². The Morgan fingerprint density at radius 1 is 0.854 bits per heavy atom. The third-order valence-corrected chi connectivity index (χ3v) is 8.95. The molecule has 0 heterocycles. The van der Waals surface area contributed by atoms with Crippen molar-refractivity contribution in [2.45, 2.75) is 57.2 Å². The number of benzene rings is 4. The van der Waals surface area contributed by atoms with Crippen LogP contribution in [0.5, 0.6) is 5.75 Å². The molecule has 1 aliphatic rings. The summed E-state index contributed by atoms with van der Waals surface area (Å²) in [5.74, 6) is 0.228. The van der Waals surface area contributed by atoms with Gasteiger partial charge >= 0.3 is 0 Å². The van der Waals surface area contributed by atoms with E-state index < -0.39 is 6.04 Å². The van der Waals surface area contributed by atoms with Crippen LogP contribution in [-0.2, 0) is 22.6 Å². The zero-order valence-corrected chi connectivity index (χ0v) is 26.1. The summed E-state index contributed by atoms with van der Waals surface area (Å²) in [7, 11) is 0.